The highest BCUT2D eigenvalue weighted by Gasteiger charge is 2.11. The maximum absolute atomic E-state index is 11.7. The van der Waals surface area contributed by atoms with Crippen molar-refractivity contribution >= 4 is 5.91 Å². The van der Waals surface area contributed by atoms with E-state index in [-0.39, 0.29) is 5.91 Å². The lowest BCUT2D eigenvalue weighted by Gasteiger charge is -2.22. The summed E-state index contributed by atoms with van der Waals surface area (Å²) in [5.74, 6) is 0.0662. The molecule has 0 rings (SSSR count). The van der Waals surface area contributed by atoms with E-state index in [0.29, 0.717) is 19.5 Å². The van der Waals surface area contributed by atoms with Gasteiger partial charge in [-0.15, -0.1) is 0 Å². The Kier molecular flexibility index (Phi) is 7.52. The molecular formula is C11H22N4O. The van der Waals surface area contributed by atoms with Gasteiger partial charge >= 0.3 is 0 Å². The van der Waals surface area contributed by atoms with Crippen LogP contribution in [0.5, 0.6) is 0 Å². The summed E-state index contributed by atoms with van der Waals surface area (Å²) in [6.45, 7) is 2.73. The summed E-state index contributed by atoms with van der Waals surface area (Å²) >= 11 is 0. The molecule has 0 aromatic carbocycles. The van der Waals surface area contributed by atoms with E-state index >= 15 is 0 Å². The summed E-state index contributed by atoms with van der Waals surface area (Å²) in [6.07, 6.45) is 0.393. The molecule has 0 aromatic rings. The zero-order valence-corrected chi connectivity index (χ0v) is 10.7. The van der Waals surface area contributed by atoms with Gasteiger partial charge in [0.1, 0.15) is 0 Å². The molecular weight excluding hydrogens is 204 g/mol. The van der Waals surface area contributed by atoms with E-state index < -0.39 is 0 Å². The second kappa shape index (κ2) is 8.08. The third-order valence-corrected chi connectivity index (χ3v) is 2.32. The van der Waals surface area contributed by atoms with Gasteiger partial charge in [-0.3, -0.25) is 9.69 Å². The van der Waals surface area contributed by atoms with Crippen LogP contribution in [0.4, 0.5) is 0 Å². The number of likely N-dealkylation sites (N-methyl/N-ethyl adjacent to an activating group) is 3. The quantitative estimate of drug-likeness (QED) is 0.606. The molecule has 0 aliphatic rings. The second-order valence-corrected chi connectivity index (χ2v) is 4.26. The van der Waals surface area contributed by atoms with Crippen LogP contribution in [-0.2, 0) is 4.79 Å². The molecule has 0 radical (unpaired) electrons. The summed E-state index contributed by atoms with van der Waals surface area (Å²) in [5.41, 5.74) is 0. The Morgan fingerprint density at radius 2 is 1.75 bits per heavy atom. The second-order valence-electron chi connectivity index (χ2n) is 4.26. The fourth-order valence-electron chi connectivity index (χ4n) is 1.14. The van der Waals surface area contributed by atoms with Crippen molar-refractivity contribution in [1.29, 1.82) is 5.26 Å². The van der Waals surface area contributed by atoms with Crippen LogP contribution in [0.2, 0.25) is 0 Å². The van der Waals surface area contributed by atoms with Crippen LogP contribution in [0.1, 0.15) is 6.42 Å². The first-order valence-electron chi connectivity index (χ1n) is 5.41. The van der Waals surface area contributed by atoms with Crippen LogP contribution < -0.4 is 0 Å². The van der Waals surface area contributed by atoms with Gasteiger partial charge in [0, 0.05) is 26.7 Å². The van der Waals surface area contributed by atoms with Gasteiger partial charge in [0.15, 0.2) is 0 Å². The molecule has 16 heavy (non-hydrogen) atoms. The first-order valence-corrected chi connectivity index (χ1v) is 5.41. The number of carbonyl (C=O) groups excluding carboxylic acids is 1. The number of rotatable bonds is 7. The Labute approximate surface area is 98.2 Å². The highest BCUT2D eigenvalue weighted by molar-refractivity contribution is 5.77. The van der Waals surface area contributed by atoms with Crippen molar-refractivity contribution in [2.75, 3.05) is 54.4 Å². The number of amides is 1. The van der Waals surface area contributed by atoms with Gasteiger partial charge in [0.05, 0.1) is 19.0 Å². The minimum atomic E-state index is 0.0662. The van der Waals surface area contributed by atoms with E-state index in [1.165, 1.54) is 0 Å². The zero-order valence-electron chi connectivity index (χ0n) is 10.7. The van der Waals surface area contributed by atoms with Crippen molar-refractivity contribution in [3.05, 3.63) is 0 Å². The molecule has 0 bridgehead atoms. The Balaban J connectivity index is 3.81. The van der Waals surface area contributed by atoms with Gasteiger partial charge in [-0.1, -0.05) is 0 Å². The molecule has 0 heterocycles. The molecule has 0 saturated heterocycles. The number of hydrogen-bond acceptors (Lipinski definition) is 4. The average molecular weight is 226 g/mol. The Morgan fingerprint density at radius 3 is 2.25 bits per heavy atom. The molecule has 0 atom stereocenters. The smallest absolute Gasteiger partial charge is 0.236 e. The monoisotopic (exact) mass is 226 g/mol. The van der Waals surface area contributed by atoms with Crippen LogP contribution in [0.25, 0.3) is 0 Å². The van der Waals surface area contributed by atoms with Crippen molar-refractivity contribution in [1.82, 2.24) is 14.7 Å². The highest BCUT2D eigenvalue weighted by Crippen LogP contribution is 1.91. The SMILES string of the molecule is CN(C)CCN(C)CC(=O)N(C)CCC#N. The molecule has 0 unspecified atom stereocenters. The minimum absolute atomic E-state index is 0.0662. The predicted molar refractivity (Wildman–Crippen MR) is 63.9 cm³/mol. The fourth-order valence-corrected chi connectivity index (χ4v) is 1.14. The molecule has 0 aromatic heterocycles. The van der Waals surface area contributed by atoms with Crippen LogP contribution >= 0.6 is 0 Å². The molecule has 5 nitrogen and oxygen atoms in total. The molecule has 0 aliphatic carbocycles. The minimum Gasteiger partial charge on any atom is -0.344 e. The summed E-state index contributed by atoms with van der Waals surface area (Å²) in [5, 5.41) is 8.42. The molecule has 92 valence electrons. The van der Waals surface area contributed by atoms with E-state index in [9.17, 15) is 4.79 Å². The lowest BCUT2D eigenvalue weighted by molar-refractivity contribution is -0.130. The van der Waals surface area contributed by atoms with E-state index in [4.69, 9.17) is 5.26 Å². The fraction of sp³-hybridized carbons (Fsp3) is 0.818. The van der Waals surface area contributed by atoms with Crippen molar-refractivity contribution in [3.8, 4) is 6.07 Å². The summed E-state index contributed by atoms with van der Waals surface area (Å²) < 4.78 is 0. The number of nitriles is 1. The summed E-state index contributed by atoms with van der Waals surface area (Å²) in [7, 11) is 7.68. The van der Waals surface area contributed by atoms with Gasteiger partial charge in [-0.25, -0.2) is 0 Å². The van der Waals surface area contributed by atoms with E-state index in [1.807, 2.05) is 32.1 Å². The van der Waals surface area contributed by atoms with E-state index in [1.54, 1.807) is 11.9 Å². The van der Waals surface area contributed by atoms with Gasteiger partial charge in [-0.2, -0.15) is 5.26 Å². The maximum atomic E-state index is 11.7. The van der Waals surface area contributed by atoms with Crippen LogP contribution in [-0.4, -0.2) is 75.0 Å². The number of carbonyl (C=O) groups is 1. The van der Waals surface area contributed by atoms with Crippen molar-refractivity contribution in [2.45, 2.75) is 6.42 Å². The number of nitrogens with zero attached hydrogens (tertiary/aromatic N) is 4. The molecule has 0 N–H and O–H groups in total. The molecule has 1 amide bonds. The van der Waals surface area contributed by atoms with Crippen LogP contribution in [0, 0.1) is 11.3 Å². The van der Waals surface area contributed by atoms with Crippen LogP contribution in [0.15, 0.2) is 0 Å². The average Bonchev–Trinajstić information content (AvgIpc) is 2.22. The lowest BCUT2D eigenvalue weighted by atomic mass is 10.4. The Bertz CT molecular complexity index is 247. The van der Waals surface area contributed by atoms with Crippen molar-refractivity contribution in [3.63, 3.8) is 0 Å². The lowest BCUT2D eigenvalue weighted by Crippen LogP contribution is -2.39. The van der Waals surface area contributed by atoms with Gasteiger partial charge in [-0.05, 0) is 21.1 Å². The van der Waals surface area contributed by atoms with Crippen molar-refractivity contribution < 1.29 is 4.79 Å². The topological polar surface area (TPSA) is 50.6 Å². The largest absolute Gasteiger partial charge is 0.344 e. The third-order valence-electron chi connectivity index (χ3n) is 2.32. The third kappa shape index (κ3) is 7.21. The van der Waals surface area contributed by atoms with Crippen molar-refractivity contribution in [2.24, 2.45) is 0 Å². The normalized spacial score (nSPS) is 10.6. The first kappa shape index (κ1) is 14.9. The summed E-state index contributed by atoms with van der Waals surface area (Å²) in [6, 6.07) is 2.03. The standard InChI is InChI=1S/C11H22N4O/c1-13(2)8-9-14(3)10-11(16)15(4)7-5-6-12/h5,7-10H2,1-4H3. The zero-order chi connectivity index (χ0) is 12.6. The predicted octanol–water partition coefficient (Wildman–Crippen LogP) is -0.148. The molecule has 0 fully saturated rings. The first-order chi connectivity index (χ1) is 7.47. The van der Waals surface area contributed by atoms with E-state index in [0.717, 1.165) is 13.1 Å². The number of hydrogen-bond donors (Lipinski definition) is 0. The van der Waals surface area contributed by atoms with Gasteiger partial charge < -0.3 is 9.80 Å². The Hall–Kier alpha value is -1.12. The summed E-state index contributed by atoms with van der Waals surface area (Å²) in [4.78, 5) is 17.3. The van der Waals surface area contributed by atoms with E-state index in [2.05, 4.69) is 4.90 Å². The highest BCUT2D eigenvalue weighted by atomic mass is 16.2. The molecule has 0 aliphatic heterocycles. The van der Waals surface area contributed by atoms with Gasteiger partial charge in [0.2, 0.25) is 5.91 Å². The van der Waals surface area contributed by atoms with Gasteiger partial charge in [0.25, 0.3) is 0 Å². The van der Waals surface area contributed by atoms with Crippen LogP contribution in [0.3, 0.4) is 0 Å². The maximum Gasteiger partial charge on any atom is 0.236 e. The molecule has 0 saturated carbocycles. The molecule has 0 spiro atoms. The molecule has 5 heteroatoms. The Morgan fingerprint density at radius 1 is 1.12 bits per heavy atom.